The van der Waals surface area contributed by atoms with Crippen molar-refractivity contribution in [1.29, 1.82) is 0 Å². The van der Waals surface area contributed by atoms with Crippen molar-refractivity contribution in [2.75, 3.05) is 0 Å². The summed E-state index contributed by atoms with van der Waals surface area (Å²) in [7, 11) is 0. The normalized spacial score (nSPS) is 25.0. The van der Waals surface area contributed by atoms with Gasteiger partial charge in [0.15, 0.2) is 11.2 Å². The van der Waals surface area contributed by atoms with Gasteiger partial charge in [-0.3, -0.25) is 9.78 Å². The molecule has 38 heavy (non-hydrogen) atoms. The molecule has 2 aliphatic carbocycles. The second kappa shape index (κ2) is 12.9. The van der Waals surface area contributed by atoms with E-state index in [1.54, 1.807) is 27.7 Å². The van der Waals surface area contributed by atoms with Crippen LogP contribution >= 0.6 is 0 Å². The summed E-state index contributed by atoms with van der Waals surface area (Å²) in [6.45, 7) is 20.0. The predicted molar refractivity (Wildman–Crippen MR) is 144 cm³/mol. The molecule has 0 unspecified atom stereocenters. The maximum atomic E-state index is 12.1. The van der Waals surface area contributed by atoms with E-state index in [4.69, 9.17) is 29.0 Å². The van der Waals surface area contributed by atoms with Gasteiger partial charge in [-0.2, -0.15) is 9.78 Å². The Kier molecular flexibility index (Phi) is 11.0. The molecule has 2 rings (SSSR count). The highest BCUT2D eigenvalue weighted by Crippen LogP contribution is 2.39. The third kappa shape index (κ3) is 11.4. The minimum atomic E-state index is -1.14. The molecule has 0 aliphatic heterocycles. The van der Waals surface area contributed by atoms with Crippen LogP contribution < -0.4 is 0 Å². The van der Waals surface area contributed by atoms with E-state index in [1.165, 1.54) is 0 Å². The van der Waals surface area contributed by atoms with Crippen LogP contribution in [0.15, 0.2) is 0 Å². The zero-order valence-electron chi connectivity index (χ0n) is 25.2. The van der Waals surface area contributed by atoms with E-state index in [-0.39, 0.29) is 23.0 Å². The minimum absolute atomic E-state index is 0.170. The number of carbonyl (C=O) groups is 2. The van der Waals surface area contributed by atoms with Crippen LogP contribution in [0.5, 0.6) is 0 Å². The number of carbonyl (C=O) groups excluding carboxylic acids is 2. The van der Waals surface area contributed by atoms with Crippen molar-refractivity contribution in [2.45, 2.75) is 144 Å². The Hall–Kier alpha value is -1.98. The molecule has 2 fully saturated rings. The number of hydrogen-bond acceptors (Lipinski definition) is 8. The molecule has 0 saturated heterocycles. The van der Waals surface area contributed by atoms with E-state index in [0.717, 1.165) is 51.4 Å². The molecule has 0 aromatic heterocycles. The van der Waals surface area contributed by atoms with Gasteiger partial charge in [-0.15, -0.1) is 0 Å². The number of rotatable bonds is 6. The first-order valence-corrected chi connectivity index (χ1v) is 14.0. The quantitative estimate of drug-likeness (QED) is 0.146. The lowest BCUT2D eigenvalue weighted by Gasteiger charge is -2.36. The molecule has 0 aromatic rings. The SMILES string of the molecule is CC(C)(C#CC(C)(C)OOC(=O)OC1CCC(C(C)(C)C)CC1)OOC(=O)OC1CCC(C(C)(C)C)CC1. The Labute approximate surface area is 229 Å². The summed E-state index contributed by atoms with van der Waals surface area (Å²) in [5, 5.41) is 0. The predicted octanol–water partition coefficient (Wildman–Crippen LogP) is 7.93. The van der Waals surface area contributed by atoms with E-state index >= 15 is 0 Å². The summed E-state index contributed by atoms with van der Waals surface area (Å²) in [5.74, 6) is 6.92. The standard InChI is InChI=1S/C30H50O8/c1-27(2,3)21-11-15-23(16-12-21)33-25(31)35-37-29(7,8)19-20-30(9,10)38-36-26(32)34-24-17-13-22(14-18-24)28(4,5)6/h21-24H,11-18H2,1-10H3. The van der Waals surface area contributed by atoms with Gasteiger partial charge in [0.1, 0.15) is 12.2 Å². The fourth-order valence-corrected chi connectivity index (χ4v) is 5.02. The first-order valence-electron chi connectivity index (χ1n) is 14.0. The Balaban J connectivity index is 1.71. The topological polar surface area (TPSA) is 89.5 Å². The second-order valence-electron chi connectivity index (χ2n) is 14.0. The summed E-state index contributed by atoms with van der Waals surface area (Å²) >= 11 is 0. The van der Waals surface area contributed by atoms with Gasteiger partial charge in [0.05, 0.1) is 0 Å². The minimum Gasteiger partial charge on any atom is -0.429 e. The summed E-state index contributed by atoms with van der Waals surface area (Å²) < 4.78 is 10.8. The third-order valence-corrected chi connectivity index (χ3v) is 7.62. The third-order valence-electron chi connectivity index (χ3n) is 7.62. The first-order chi connectivity index (χ1) is 17.4. The van der Waals surface area contributed by atoms with Gasteiger partial charge in [-0.25, -0.2) is 9.59 Å². The molecule has 0 aromatic carbocycles. The first kappa shape index (κ1) is 32.2. The maximum Gasteiger partial charge on any atom is 0.540 e. The van der Waals surface area contributed by atoms with Gasteiger partial charge in [0.25, 0.3) is 0 Å². The van der Waals surface area contributed by atoms with Crippen LogP contribution in [0.1, 0.15) is 121 Å². The average molecular weight is 539 g/mol. The summed E-state index contributed by atoms with van der Waals surface area (Å²) in [6.07, 6.45) is 5.22. The van der Waals surface area contributed by atoms with Crippen LogP contribution in [0.2, 0.25) is 0 Å². The molecule has 218 valence electrons. The van der Waals surface area contributed by atoms with Gasteiger partial charge in [0.2, 0.25) is 0 Å². The molecule has 0 spiro atoms. The lowest BCUT2D eigenvalue weighted by atomic mass is 9.72. The molecule has 0 amide bonds. The van der Waals surface area contributed by atoms with E-state index in [9.17, 15) is 9.59 Å². The average Bonchev–Trinajstić information content (AvgIpc) is 2.80. The highest BCUT2D eigenvalue weighted by molar-refractivity contribution is 5.59. The van der Waals surface area contributed by atoms with Gasteiger partial charge in [0, 0.05) is 0 Å². The van der Waals surface area contributed by atoms with Crippen LogP contribution in [0.3, 0.4) is 0 Å². The van der Waals surface area contributed by atoms with Crippen molar-refractivity contribution in [3.05, 3.63) is 0 Å². The molecular weight excluding hydrogens is 488 g/mol. The fourth-order valence-electron chi connectivity index (χ4n) is 5.02. The van der Waals surface area contributed by atoms with Gasteiger partial charge in [-0.1, -0.05) is 53.4 Å². The van der Waals surface area contributed by atoms with E-state index in [2.05, 4.69) is 53.4 Å². The highest BCUT2D eigenvalue weighted by atomic mass is 17.2. The van der Waals surface area contributed by atoms with Gasteiger partial charge < -0.3 is 9.47 Å². The molecule has 0 bridgehead atoms. The maximum absolute atomic E-state index is 12.1. The summed E-state index contributed by atoms with van der Waals surface area (Å²) in [4.78, 5) is 44.5. The van der Waals surface area contributed by atoms with Crippen LogP contribution in [0.4, 0.5) is 9.59 Å². The fraction of sp³-hybridized carbons (Fsp3) is 0.867. The largest absolute Gasteiger partial charge is 0.540 e. The van der Waals surface area contributed by atoms with E-state index < -0.39 is 23.5 Å². The molecule has 8 heteroatoms. The molecule has 8 nitrogen and oxygen atoms in total. The van der Waals surface area contributed by atoms with Crippen molar-refractivity contribution in [3.8, 4) is 11.8 Å². The summed E-state index contributed by atoms with van der Waals surface area (Å²) in [6, 6.07) is 0. The van der Waals surface area contributed by atoms with Crippen molar-refractivity contribution in [3.63, 3.8) is 0 Å². The monoisotopic (exact) mass is 538 g/mol. The molecular formula is C30H50O8. The van der Waals surface area contributed by atoms with Crippen molar-refractivity contribution < 1.29 is 38.6 Å². The van der Waals surface area contributed by atoms with E-state index in [0.29, 0.717) is 11.8 Å². The molecule has 2 aliphatic rings. The molecule has 2 saturated carbocycles. The van der Waals surface area contributed by atoms with Crippen LogP contribution in [0.25, 0.3) is 0 Å². The van der Waals surface area contributed by atoms with Crippen molar-refractivity contribution in [1.82, 2.24) is 0 Å². The molecule has 0 N–H and O–H groups in total. The summed E-state index contributed by atoms with van der Waals surface area (Å²) in [5.41, 5.74) is -1.78. The number of hydrogen-bond donors (Lipinski definition) is 0. The number of ether oxygens (including phenoxy) is 2. The Bertz CT molecular complexity index is 768. The molecule has 0 radical (unpaired) electrons. The van der Waals surface area contributed by atoms with Crippen LogP contribution in [-0.2, 0) is 29.0 Å². The Morgan fingerprint density at radius 1 is 0.526 bits per heavy atom. The van der Waals surface area contributed by atoms with Crippen LogP contribution in [0, 0.1) is 34.5 Å². The van der Waals surface area contributed by atoms with Gasteiger partial charge >= 0.3 is 12.3 Å². The van der Waals surface area contributed by atoms with Crippen molar-refractivity contribution in [2.24, 2.45) is 22.7 Å². The Morgan fingerprint density at radius 3 is 1.08 bits per heavy atom. The molecule has 0 heterocycles. The highest BCUT2D eigenvalue weighted by Gasteiger charge is 2.33. The van der Waals surface area contributed by atoms with Crippen molar-refractivity contribution >= 4 is 12.3 Å². The van der Waals surface area contributed by atoms with Gasteiger partial charge in [-0.05, 0) is 102 Å². The molecule has 0 atom stereocenters. The van der Waals surface area contributed by atoms with Crippen LogP contribution in [-0.4, -0.2) is 35.7 Å². The second-order valence-corrected chi connectivity index (χ2v) is 14.0. The lowest BCUT2D eigenvalue weighted by Crippen LogP contribution is -2.32. The lowest BCUT2D eigenvalue weighted by molar-refractivity contribution is -0.306. The zero-order chi connectivity index (χ0) is 28.8. The smallest absolute Gasteiger partial charge is 0.429 e. The Morgan fingerprint density at radius 2 is 0.816 bits per heavy atom. The zero-order valence-corrected chi connectivity index (χ0v) is 25.2. The van der Waals surface area contributed by atoms with E-state index in [1.807, 2.05) is 0 Å².